The Hall–Kier alpha value is -1.09. The maximum Gasteiger partial charge on any atom is 0.146 e. The number of halogens is 1. The first kappa shape index (κ1) is 10.4. The average Bonchev–Trinajstić information content (AvgIpc) is 2.22. The van der Waals surface area contributed by atoms with Crippen molar-refractivity contribution in [3.63, 3.8) is 0 Å². The van der Waals surface area contributed by atoms with E-state index in [1.165, 1.54) is 6.07 Å². The van der Waals surface area contributed by atoms with Gasteiger partial charge in [-0.15, -0.1) is 0 Å². The molecule has 2 N–H and O–H groups in total. The number of nitrogens with two attached hydrogens (primary N) is 1. The SMILES string of the molecule is Cc1ccc(F)c(N2CCCC(N)C2)c1. The van der Waals surface area contributed by atoms with Crippen molar-refractivity contribution in [1.29, 1.82) is 0 Å². The van der Waals surface area contributed by atoms with Gasteiger partial charge in [0.25, 0.3) is 0 Å². The second-order valence-electron chi connectivity index (χ2n) is 4.30. The Balaban J connectivity index is 2.24. The van der Waals surface area contributed by atoms with Gasteiger partial charge in [0.2, 0.25) is 0 Å². The van der Waals surface area contributed by atoms with Crippen LogP contribution in [0.1, 0.15) is 18.4 Å². The van der Waals surface area contributed by atoms with Crippen LogP contribution in [0.5, 0.6) is 0 Å². The van der Waals surface area contributed by atoms with Crippen molar-refractivity contribution in [2.24, 2.45) is 5.73 Å². The average molecular weight is 208 g/mol. The zero-order valence-corrected chi connectivity index (χ0v) is 9.04. The summed E-state index contributed by atoms with van der Waals surface area (Å²) in [7, 11) is 0. The Labute approximate surface area is 89.9 Å². The van der Waals surface area contributed by atoms with E-state index in [2.05, 4.69) is 4.90 Å². The van der Waals surface area contributed by atoms with Gasteiger partial charge in [-0.25, -0.2) is 4.39 Å². The molecule has 1 heterocycles. The molecule has 0 radical (unpaired) electrons. The number of nitrogens with zero attached hydrogens (tertiary/aromatic N) is 1. The largest absolute Gasteiger partial charge is 0.368 e. The molecule has 1 aliphatic heterocycles. The van der Waals surface area contributed by atoms with Crippen LogP contribution in [0.25, 0.3) is 0 Å². The molecule has 82 valence electrons. The van der Waals surface area contributed by atoms with Gasteiger partial charge in [-0.3, -0.25) is 0 Å². The summed E-state index contributed by atoms with van der Waals surface area (Å²) in [5.74, 6) is -0.144. The fraction of sp³-hybridized carbons (Fsp3) is 0.500. The number of benzene rings is 1. The van der Waals surface area contributed by atoms with Crippen LogP contribution in [0, 0.1) is 12.7 Å². The van der Waals surface area contributed by atoms with E-state index in [9.17, 15) is 4.39 Å². The third-order valence-corrected chi connectivity index (χ3v) is 2.90. The molecule has 1 unspecified atom stereocenters. The molecule has 0 saturated carbocycles. The standard InChI is InChI=1S/C12H17FN2/c1-9-4-5-11(13)12(7-9)15-6-2-3-10(14)8-15/h4-5,7,10H,2-3,6,8,14H2,1H3. The Morgan fingerprint density at radius 1 is 1.47 bits per heavy atom. The lowest BCUT2D eigenvalue weighted by Gasteiger charge is -2.33. The lowest BCUT2D eigenvalue weighted by atomic mass is 10.1. The number of hydrogen-bond acceptors (Lipinski definition) is 2. The normalized spacial score (nSPS) is 21.8. The fourth-order valence-electron chi connectivity index (χ4n) is 2.09. The molecule has 0 bridgehead atoms. The molecule has 1 atom stereocenters. The first-order valence-electron chi connectivity index (χ1n) is 5.43. The van der Waals surface area contributed by atoms with Crippen LogP contribution in [-0.4, -0.2) is 19.1 Å². The third kappa shape index (κ3) is 2.29. The highest BCUT2D eigenvalue weighted by molar-refractivity contribution is 5.50. The number of piperidine rings is 1. The molecule has 1 fully saturated rings. The molecule has 0 aromatic heterocycles. The highest BCUT2D eigenvalue weighted by Crippen LogP contribution is 2.23. The summed E-state index contributed by atoms with van der Waals surface area (Å²) in [6, 6.07) is 5.40. The summed E-state index contributed by atoms with van der Waals surface area (Å²) in [6.45, 7) is 3.65. The van der Waals surface area contributed by atoms with E-state index in [-0.39, 0.29) is 11.9 Å². The molecule has 0 spiro atoms. The van der Waals surface area contributed by atoms with Crippen molar-refractivity contribution < 1.29 is 4.39 Å². The molecule has 2 rings (SSSR count). The number of anilines is 1. The fourth-order valence-corrected chi connectivity index (χ4v) is 2.09. The van der Waals surface area contributed by atoms with Crippen molar-refractivity contribution in [2.45, 2.75) is 25.8 Å². The van der Waals surface area contributed by atoms with Crippen LogP contribution in [0.2, 0.25) is 0 Å². The summed E-state index contributed by atoms with van der Waals surface area (Å²) in [5.41, 5.74) is 7.67. The predicted molar refractivity (Wildman–Crippen MR) is 60.6 cm³/mol. The lowest BCUT2D eigenvalue weighted by molar-refractivity contribution is 0.498. The maximum atomic E-state index is 13.6. The van der Waals surface area contributed by atoms with E-state index in [4.69, 9.17) is 5.73 Å². The van der Waals surface area contributed by atoms with E-state index in [0.29, 0.717) is 5.69 Å². The van der Waals surface area contributed by atoms with Crippen LogP contribution in [0.4, 0.5) is 10.1 Å². The van der Waals surface area contributed by atoms with E-state index >= 15 is 0 Å². The van der Waals surface area contributed by atoms with Crippen LogP contribution in [0.15, 0.2) is 18.2 Å². The molecule has 0 aliphatic carbocycles. The maximum absolute atomic E-state index is 13.6. The van der Waals surface area contributed by atoms with Gasteiger partial charge in [0.15, 0.2) is 0 Å². The molecular weight excluding hydrogens is 191 g/mol. The van der Waals surface area contributed by atoms with E-state index in [1.54, 1.807) is 6.07 Å². The zero-order valence-electron chi connectivity index (χ0n) is 9.04. The quantitative estimate of drug-likeness (QED) is 0.765. The van der Waals surface area contributed by atoms with Crippen molar-refractivity contribution >= 4 is 5.69 Å². The molecular formula is C12H17FN2. The summed E-state index contributed by atoms with van der Waals surface area (Å²) in [6.07, 6.45) is 2.10. The van der Waals surface area contributed by atoms with Crippen molar-refractivity contribution in [3.05, 3.63) is 29.6 Å². The lowest BCUT2D eigenvalue weighted by Crippen LogP contribution is -2.43. The molecule has 1 aromatic rings. The predicted octanol–water partition coefficient (Wildman–Crippen LogP) is 2.06. The van der Waals surface area contributed by atoms with Gasteiger partial charge in [0, 0.05) is 19.1 Å². The number of aryl methyl sites for hydroxylation is 1. The second kappa shape index (κ2) is 4.19. The summed E-state index contributed by atoms with van der Waals surface area (Å²) >= 11 is 0. The van der Waals surface area contributed by atoms with Gasteiger partial charge in [-0.1, -0.05) is 6.07 Å². The molecule has 1 aliphatic rings. The van der Waals surface area contributed by atoms with Crippen molar-refractivity contribution in [3.8, 4) is 0 Å². The molecule has 3 heteroatoms. The van der Waals surface area contributed by atoms with Crippen molar-refractivity contribution in [2.75, 3.05) is 18.0 Å². The highest BCUT2D eigenvalue weighted by atomic mass is 19.1. The van der Waals surface area contributed by atoms with Crippen LogP contribution in [-0.2, 0) is 0 Å². The second-order valence-corrected chi connectivity index (χ2v) is 4.30. The third-order valence-electron chi connectivity index (χ3n) is 2.90. The number of rotatable bonds is 1. The van der Waals surface area contributed by atoms with Gasteiger partial charge in [0.05, 0.1) is 5.69 Å². The number of hydrogen-bond donors (Lipinski definition) is 1. The van der Waals surface area contributed by atoms with Crippen LogP contribution >= 0.6 is 0 Å². The van der Waals surface area contributed by atoms with Gasteiger partial charge in [-0.05, 0) is 37.5 Å². The van der Waals surface area contributed by atoms with Crippen molar-refractivity contribution in [1.82, 2.24) is 0 Å². The molecule has 1 saturated heterocycles. The van der Waals surface area contributed by atoms with Gasteiger partial charge < -0.3 is 10.6 Å². The Morgan fingerprint density at radius 2 is 2.27 bits per heavy atom. The van der Waals surface area contributed by atoms with E-state index in [1.807, 2.05) is 13.0 Å². The molecule has 0 amide bonds. The van der Waals surface area contributed by atoms with E-state index < -0.39 is 0 Å². The Kier molecular flexibility index (Phi) is 2.91. The zero-order chi connectivity index (χ0) is 10.8. The van der Waals surface area contributed by atoms with Crippen LogP contribution in [0.3, 0.4) is 0 Å². The Morgan fingerprint density at radius 3 is 3.00 bits per heavy atom. The van der Waals surface area contributed by atoms with Gasteiger partial charge in [-0.2, -0.15) is 0 Å². The summed E-state index contributed by atoms with van der Waals surface area (Å²) < 4.78 is 13.6. The molecule has 1 aromatic carbocycles. The topological polar surface area (TPSA) is 29.3 Å². The first-order chi connectivity index (χ1) is 7.16. The minimum atomic E-state index is -0.144. The summed E-state index contributed by atoms with van der Waals surface area (Å²) in [4.78, 5) is 2.05. The van der Waals surface area contributed by atoms with Gasteiger partial charge >= 0.3 is 0 Å². The van der Waals surface area contributed by atoms with E-state index in [0.717, 1.165) is 31.5 Å². The Bertz CT molecular complexity index is 351. The molecule has 15 heavy (non-hydrogen) atoms. The monoisotopic (exact) mass is 208 g/mol. The van der Waals surface area contributed by atoms with Gasteiger partial charge in [0.1, 0.15) is 5.82 Å². The smallest absolute Gasteiger partial charge is 0.146 e. The first-order valence-corrected chi connectivity index (χ1v) is 5.43. The minimum Gasteiger partial charge on any atom is -0.368 e. The minimum absolute atomic E-state index is 0.144. The molecule has 2 nitrogen and oxygen atoms in total. The van der Waals surface area contributed by atoms with Crippen LogP contribution < -0.4 is 10.6 Å². The highest BCUT2D eigenvalue weighted by Gasteiger charge is 2.19. The summed E-state index contributed by atoms with van der Waals surface area (Å²) in [5, 5.41) is 0.